The second kappa shape index (κ2) is 6.78. The molecule has 3 rings (SSSR count). The third kappa shape index (κ3) is 3.65. The van der Waals surface area contributed by atoms with Gasteiger partial charge in [-0.1, -0.05) is 42.5 Å². The average molecular weight is 297 g/mol. The molecule has 0 atom stereocenters. The monoisotopic (exact) mass is 297 g/mol. The van der Waals surface area contributed by atoms with E-state index in [-0.39, 0.29) is 0 Å². The standard InChI is InChI=1S/C17H19N3S/c1-18-10-4-7-16-19-20-17(21-16)12-13-8-9-14-5-2-3-6-15(14)11-13/h2-3,5-6,8-9,11,18H,4,7,10,12H2,1H3. The van der Waals surface area contributed by atoms with E-state index in [1.807, 2.05) is 7.05 Å². The van der Waals surface area contributed by atoms with Gasteiger partial charge in [-0.25, -0.2) is 0 Å². The van der Waals surface area contributed by atoms with E-state index in [1.54, 1.807) is 11.3 Å². The molecule has 108 valence electrons. The Morgan fingerprint density at radius 1 is 1.00 bits per heavy atom. The van der Waals surface area contributed by atoms with E-state index in [1.165, 1.54) is 16.3 Å². The van der Waals surface area contributed by atoms with E-state index in [9.17, 15) is 0 Å². The molecule has 0 aliphatic carbocycles. The Morgan fingerprint density at radius 3 is 2.67 bits per heavy atom. The summed E-state index contributed by atoms with van der Waals surface area (Å²) in [4.78, 5) is 0. The Hall–Kier alpha value is -1.78. The molecule has 0 saturated carbocycles. The molecule has 0 amide bonds. The molecule has 1 N–H and O–H groups in total. The third-order valence-corrected chi connectivity index (χ3v) is 4.48. The van der Waals surface area contributed by atoms with Crippen molar-refractivity contribution in [3.05, 3.63) is 58.0 Å². The average Bonchev–Trinajstić information content (AvgIpc) is 2.95. The summed E-state index contributed by atoms with van der Waals surface area (Å²) in [6, 6.07) is 15.1. The van der Waals surface area contributed by atoms with Crippen LogP contribution in [0, 0.1) is 0 Å². The van der Waals surface area contributed by atoms with Gasteiger partial charge in [0.1, 0.15) is 10.0 Å². The van der Waals surface area contributed by atoms with Gasteiger partial charge < -0.3 is 5.32 Å². The summed E-state index contributed by atoms with van der Waals surface area (Å²) < 4.78 is 0. The van der Waals surface area contributed by atoms with E-state index in [2.05, 4.69) is 58.0 Å². The first-order valence-corrected chi connectivity index (χ1v) is 8.10. The molecular formula is C17H19N3S. The quantitative estimate of drug-likeness (QED) is 0.708. The maximum Gasteiger partial charge on any atom is 0.121 e. The highest BCUT2D eigenvalue weighted by Crippen LogP contribution is 2.20. The van der Waals surface area contributed by atoms with Crippen LogP contribution in [0.3, 0.4) is 0 Å². The SMILES string of the molecule is CNCCCc1nnc(Cc2ccc3ccccc3c2)s1. The summed E-state index contributed by atoms with van der Waals surface area (Å²) in [6.45, 7) is 1.03. The number of fused-ring (bicyclic) bond motifs is 1. The molecule has 3 aromatic rings. The summed E-state index contributed by atoms with van der Waals surface area (Å²) in [6.07, 6.45) is 2.99. The van der Waals surface area contributed by atoms with Crippen LogP contribution in [0.2, 0.25) is 0 Å². The topological polar surface area (TPSA) is 37.8 Å². The summed E-state index contributed by atoms with van der Waals surface area (Å²) in [5.41, 5.74) is 1.30. The lowest BCUT2D eigenvalue weighted by atomic mass is 10.1. The molecule has 3 nitrogen and oxygen atoms in total. The van der Waals surface area contributed by atoms with Crippen LogP contribution in [0.4, 0.5) is 0 Å². The van der Waals surface area contributed by atoms with Gasteiger partial charge in [0.2, 0.25) is 0 Å². The molecule has 0 spiro atoms. The third-order valence-electron chi connectivity index (χ3n) is 3.50. The second-order valence-electron chi connectivity index (χ2n) is 5.15. The Bertz CT molecular complexity index is 721. The fraction of sp³-hybridized carbons (Fsp3) is 0.294. The van der Waals surface area contributed by atoms with Crippen LogP contribution in [-0.2, 0) is 12.8 Å². The van der Waals surface area contributed by atoms with Crippen LogP contribution in [0.25, 0.3) is 10.8 Å². The van der Waals surface area contributed by atoms with Crippen molar-refractivity contribution in [1.82, 2.24) is 15.5 Å². The molecule has 4 heteroatoms. The van der Waals surface area contributed by atoms with Crippen LogP contribution in [0.5, 0.6) is 0 Å². The first-order chi connectivity index (χ1) is 10.3. The Balaban J connectivity index is 1.70. The van der Waals surface area contributed by atoms with Crippen LogP contribution in [0.15, 0.2) is 42.5 Å². The number of nitrogens with zero attached hydrogens (tertiary/aromatic N) is 2. The lowest BCUT2D eigenvalue weighted by molar-refractivity contribution is 0.717. The maximum absolute atomic E-state index is 4.32. The minimum Gasteiger partial charge on any atom is -0.320 e. The fourth-order valence-corrected chi connectivity index (χ4v) is 3.32. The van der Waals surface area contributed by atoms with E-state index in [4.69, 9.17) is 0 Å². The van der Waals surface area contributed by atoms with Gasteiger partial charge in [0.25, 0.3) is 0 Å². The van der Waals surface area contributed by atoms with Crippen LogP contribution >= 0.6 is 11.3 Å². The minimum absolute atomic E-state index is 0.870. The number of hydrogen-bond donors (Lipinski definition) is 1. The lowest BCUT2D eigenvalue weighted by Crippen LogP contribution is -2.08. The van der Waals surface area contributed by atoms with Gasteiger partial charge in [0.05, 0.1) is 0 Å². The Morgan fingerprint density at radius 2 is 1.81 bits per heavy atom. The van der Waals surface area contributed by atoms with Gasteiger partial charge in [-0.15, -0.1) is 21.5 Å². The zero-order valence-corrected chi connectivity index (χ0v) is 13.0. The predicted octanol–water partition coefficient (Wildman–Crippen LogP) is 3.43. The van der Waals surface area contributed by atoms with Crippen LogP contribution in [-0.4, -0.2) is 23.8 Å². The van der Waals surface area contributed by atoms with E-state index < -0.39 is 0 Å². The summed E-state index contributed by atoms with van der Waals surface area (Å²) in [7, 11) is 1.98. The smallest absolute Gasteiger partial charge is 0.121 e. The van der Waals surface area contributed by atoms with Crippen molar-refractivity contribution in [3.8, 4) is 0 Å². The molecule has 0 unspecified atom stereocenters. The van der Waals surface area contributed by atoms with Gasteiger partial charge in [-0.3, -0.25) is 0 Å². The molecule has 0 bridgehead atoms. The van der Waals surface area contributed by atoms with Crippen molar-refractivity contribution in [2.75, 3.05) is 13.6 Å². The number of benzene rings is 2. The van der Waals surface area contributed by atoms with Gasteiger partial charge in [0.15, 0.2) is 0 Å². The van der Waals surface area contributed by atoms with Crippen molar-refractivity contribution < 1.29 is 0 Å². The molecule has 0 fully saturated rings. The largest absolute Gasteiger partial charge is 0.320 e. The van der Waals surface area contributed by atoms with Crippen molar-refractivity contribution in [2.45, 2.75) is 19.3 Å². The highest BCUT2D eigenvalue weighted by Gasteiger charge is 2.05. The first kappa shape index (κ1) is 14.2. The molecule has 0 saturated heterocycles. The number of nitrogens with one attached hydrogen (secondary N) is 1. The van der Waals surface area contributed by atoms with Crippen molar-refractivity contribution >= 4 is 22.1 Å². The zero-order valence-electron chi connectivity index (χ0n) is 12.2. The molecule has 1 heterocycles. The normalized spacial score (nSPS) is 11.1. The minimum atomic E-state index is 0.870. The molecular weight excluding hydrogens is 278 g/mol. The molecule has 0 aliphatic heterocycles. The van der Waals surface area contributed by atoms with Gasteiger partial charge >= 0.3 is 0 Å². The molecule has 21 heavy (non-hydrogen) atoms. The van der Waals surface area contributed by atoms with Gasteiger partial charge in [0, 0.05) is 12.8 Å². The fourth-order valence-electron chi connectivity index (χ4n) is 2.40. The highest BCUT2D eigenvalue weighted by molar-refractivity contribution is 7.11. The van der Waals surface area contributed by atoms with Gasteiger partial charge in [-0.2, -0.15) is 0 Å². The molecule has 0 aliphatic rings. The van der Waals surface area contributed by atoms with Crippen molar-refractivity contribution in [3.63, 3.8) is 0 Å². The zero-order chi connectivity index (χ0) is 14.5. The first-order valence-electron chi connectivity index (χ1n) is 7.29. The van der Waals surface area contributed by atoms with Crippen LogP contribution < -0.4 is 5.32 Å². The summed E-state index contributed by atoms with van der Waals surface area (Å²) >= 11 is 1.73. The van der Waals surface area contributed by atoms with E-state index >= 15 is 0 Å². The second-order valence-corrected chi connectivity index (χ2v) is 6.30. The molecule has 2 aromatic carbocycles. The van der Waals surface area contributed by atoms with E-state index in [0.717, 1.165) is 35.8 Å². The lowest BCUT2D eigenvalue weighted by Gasteiger charge is -2.01. The highest BCUT2D eigenvalue weighted by atomic mass is 32.1. The van der Waals surface area contributed by atoms with Gasteiger partial charge in [-0.05, 0) is 36.3 Å². The van der Waals surface area contributed by atoms with Crippen molar-refractivity contribution in [2.24, 2.45) is 0 Å². The summed E-state index contributed by atoms with van der Waals surface area (Å²) in [5, 5.41) is 16.6. The number of rotatable bonds is 6. The molecule has 0 radical (unpaired) electrons. The summed E-state index contributed by atoms with van der Waals surface area (Å²) in [5.74, 6) is 0. The maximum atomic E-state index is 4.32. The van der Waals surface area contributed by atoms with E-state index in [0.29, 0.717) is 0 Å². The Labute approximate surface area is 129 Å². The number of aromatic nitrogens is 2. The predicted molar refractivity (Wildman–Crippen MR) is 88.9 cm³/mol. The Kier molecular flexibility index (Phi) is 4.58. The number of hydrogen-bond acceptors (Lipinski definition) is 4. The number of aryl methyl sites for hydroxylation is 1. The van der Waals surface area contributed by atoms with Crippen molar-refractivity contribution in [1.29, 1.82) is 0 Å². The van der Waals surface area contributed by atoms with Crippen LogP contribution in [0.1, 0.15) is 22.0 Å². The molecule has 1 aromatic heterocycles.